The summed E-state index contributed by atoms with van der Waals surface area (Å²) in [5.74, 6) is 0.0529. The SMILES string of the molecule is CC(C)[C@H](N)C(=O)N(C)[C@H](C)c1cnccn1. The quantitative estimate of drug-likeness (QED) is 0.845. The smallest absolute Gasteiger partial charge is 0.240 e. The minimum atomic E-state index is -0.473. The van der Waals surface area contributed by atoms with E-state index in [0.717, 1.165) is 5.69 Å². The zero-order valence-electron chi connectivity index (χ0n) is 10.8. The normalized spacial score (nSPS) is 14.5. The lowest BCUT2D eigenvalue weighted by atomic mass is 10.0. The molecule has 0 aromatic carbocycles. The van der Waals surface area contributed by atoms with Crippen molar-refractivity contribution < 1.29 is 4.79 Å². The van der Waals surface area contributed by atoms with E-state index in [9.17, 15) is 4.79 Å². The zero-order chi connectivity index (χ0) is 13.0. The molecular formula is C12H20N4O. The molecule has 0 radical (unpaired) electrons. The molecule has 17 heavy (non-hydrogen) atoms. The summed E-state index contributed by atoms with van der Waals surface area (Å²) in [6.45, 7) is 5.78. The van der Waals surface area contributed by atoms with Crippen LogP contribution in [-0.4, -0.2) is 33.9 Å². The van der Waals surface area contributed by atoms with Crippen LogP contribution in [0.2, 0.25) is 0 Å². The molecule has 0 saturated heterocycles. The van der Waals surface area contributed by atoms with E-state index in [2.05, 4.69) is 9.97 Å². The first-order chi connectivity index (χ1) is 7.95. The Balaban J connectivity index is 2.77. The predicted molar refractivity (Wildman–Crippen MR) is 66.0 cm³/mol. The third-order valence-corrected chi connectivity index (χ3v) is 2.94. The molecule has 0 aliphatic heterocycles. The summed E-state index contributed by atoms with van der Waals surface area (Å²) in [6, 6.07) is -0.597. The maximum absolute atomic E-state index is 12.1. The Hall–Kier alpha value is -1.49. The lowest BCUT2D eigenvalue weighted by molar-refractivity contribution is -0.134. The van der Waals surface area contributed by atoms with Crippen molar-refractivity contribution in [1.82, 2.24) is 14.9 Å². The van der Waals surface area contributed by atoms with Crippen molar-refractivity contribution >= 4 is 5.91 Å². The van der Waals surface area contributed by atoms with Gasteiger partial charge in [-0.3, -0.25) is 14.8 Å². The molecule has 0 unspecified atom stereocenters. The molecule has 1 heterocycles. The van der Waals surface area contributed by atoms with Crippen LogP contribution in [0.3, 0.4) is 0 Å². The van der Waals surface area contributed by atoms with Crippen LogP contribution in [0.1, 0.15) is 32.5 Å². The molecule has 1 rings (SSSR count). The molecule has 0 fully saturated rings. The molecule has 2 atom stereocenters. The van der Waals surface area contributed by atoms with Crippen molar-refractivity contribution in [3.63, 3.8) is 0 Å². The first-order valence-corrected chi connectivity index (χ1v) is 5.73. The average molecular weight is 236 g/mol. The predicted octanol–water partition coefficient (Wildman–Crippen LogP) is 0.979. The second kappa shape index (κ2) is 5.72. The zero-order valence-corrected chi connectivity index (χ0v) is 10.8. The van der Waals surface area contributed by atoms with Crippen molar-refractivity contribution in [3.05, 3.63) is 24.3 Å². The van der Waals surface area contributed by atoms with Crippen LogP contribution in [0.4, 0.5) is 0 Å². The van der Waals surface area contributed by atoms with Gasteiger partial charge in [0.25, 0.3) is 0 Å². The second-order valence-electron chi connectivity index (χ2n) is 4.53. The van der Waals surface area contributed by atoms with Gasteiger partial charge in [0.05, 0.1) is 24.0 Å². The van der Waals surface area contributed by atoms with E-state index < -0.39 is 6.04 Å². The fraction of sp³-hybridized carbons (Fsp3) is 0.583. The monoisotopic (exact) mass is 236 g/mol. The molecule has 94 valence electrons. The Kier molecular flexibility index (Phi) is 4.57. The topological polar surface area (TPSA) is 72.1 Å². The van der Waals surface area contributed by atoms with Gasteiger partial charge in [-0.1, -0.05) is 13.8 Å². The van der Waals surface area contributed by atoms with Crippen molar-refractivity contribution in [2.75, 3.05) is 7.05 Å². The lowest BCUT2D eigenvalue weighted by Crippen LogP contribution is -2.45. The van der Waals surface area contributed by atoms with E-state index in [4.69, 9.17) is 5.73 Å². The summed E-state index contributed by atoms with van der Waals surface area (Å²) < 4.78 is 0. The highest BCUT2D eigenvalue weighted by atomic mass is 16.2. The Morgan fingerprint density at radius 2 is 2.00 bits per heavy atom. The van der Waals surface area contributed by atoms with Gasteiger partial charge in [-0.2, -0.15) is 0 Å². The highest BCUT2D eigenvalue weighted by Crippen LogP contribution is 2.17. The molecule has 1 aromatic heterocycles. The van der Waals surface area contributed by atoms with Crippen molar-refractivity contribution in [3.8, 4) is 0 Å². The molecule has 1 amide bonds. The minimum absolute atomic E-state index is 0.0712. The molecule has 0 saturated carbocycles. The van der Waals surface area contributed by atoms with Gasteiger partial charge < -0.3 is 10.6 Å². The molecule has 0 aliphatic carbocycles. The fourth-order valence-electron chi connectivity index (χ4n) is 1.44. The van der Waals surface area contributed by atoms with Crippen LogP contribution in [0.15, 0.2) is 18.6 Å². The van der Waals surface area contributed by atoms with Crippen LogP contribution in [-0.2, 0) is 4.79 Å². The van der Waals surface area contributed by atoms with Crippen LogP contribution in [0, 0.1) is 5.92 Å². The highest BCUT2D eigenvalue weighted by molar-refractivity contribution is 5.82. The number of nitrogens with two attached hydrogens (primary N) is 1. The highest BCUT2D eigenvalue weighted by Gasteiger charge is 2.25. The van der Waals surface area contributed by atoms with E-state index in [1.165, 1.54) is 0 Å². The first kappa shape index (κ1) is 13.6. The summed E-state index contributed by atoms with van der Waals surface area (Å²) in [5, 5.41) is 0. The molecule has 1 aromatic rings. The summed E-state index contributed by atoms with van der Waals surface area (Å²) >= 11 is 0. The van der Waals surface area contributed by atoms with E-state index in [0.29, 0.717) is 0 Å². The number of carbonyl (C=O) groups excluding carboxylic acids is 1. The van der Waals surface area contributed by atoms with Gasteiger partial charge in [0.1, 0.15) is 0 Å². The number of rotatable bonds is 4. The maximum atomic E-state index is 12.1. The van der Waals surface area contributed by atoms with Gasteiger partial charge in [-0.25, -0.2) is 0 Å². The average Bonchev–Trinajstić information content (AvgIpc) is 2.36. The molecule has 2 N–H and O–H groups in total. The van der Waals surface area contributed by atoms with Crippen LogP contribution in [0.25, 0.3) is 0 Å². The van der Waals surface area contributed by atoms with E-state index in [1.54, 1.807) is 30.5 Å². The Labute approximate surface area is 102 Å². The molecule has 0 spiro atoms. The number of likely N-dealkylation sites (N-methyl/N-ethyl adjacent to an activating group) is 1. The van der Waals surface area contributed by atoms with Crippen LogP contribution < -0.4 is 5.73 Å². The van der Waals surface area contributed by atoms with Gasteiger partial charge in [0.15, 0.2) is 0 Å². The number of hydrogen-bond donors (Lipinski definition) is 1. The third-order valence-electron chi connectivity index (χ3n) is 2.94. The maximum Gasteiger partial charge on any atom is 0.240 e. The molecule has 0 aliphatic rings. The van der Waals surface area contributed by atoms with E-state index in [-0.39, 0.29) is 17.9 Å². The number of amides is 1. The fourth-order valence-corrected chi connectivity index (χ4v) is 1.44. The Morgan fingerprint density at radius 3 is 2.47 bits per heavy atom. The van der Waals surface area contributed by atoms with Crippen molar-refractivity contribution in [2.24, 2.45) is 11.7 Å². The Morgan fingerprint density at radius 1 is 1.35 bits per heavy atom. The first-order valence-electron chi connectivity index (χ1n) is 5.73. The second-order valence-corrected chi connectivity index (χ2v) is 4.53. The number of hydrogen-bond acceptors (Lipinski definition) is 4. The molecule has 0 bridgehead atoms. The number of nitrogens with zero attached hydrogens (tertiary/aromatic N) is 3. The van der Waals surface area contributed by atoms with Gasteiger partial charge in [0.2, 0.25) is 5.91 Å². The van der Waals surface area contributed by atoms with Crippen molar-refractivity contribution in [1.29, 1.82) is 0 Å². The molecule has 5 heteroatoms. The van der Waals surface area contributed by atoms with E-state index >= 15 is 0 Å². The van der Waals surface area contributed by atoms with Gasteiger partial charge in [-0.05, 0) is 12.8 Å². The summed E-state index contributed by atoms with van der Waals surface area (Å²) in [4.78, 5) is 21.9. The lowest BCUT2D eigenvalue weighted by Gasteiger charge is -2.28. The van der Waals surface area contributed by atoms with Crippen molar-refractivity contribution in [2.45, 2.75) is 32.9 Å². The Bertz CT molecular complexity index is 366. The van der Waals surface area contributed by atoms with Crippen LogP contribution in [0.5, 0.6) is 0 Å². The van der Waals surface area contributed by atoms with E-state index in [1.807, 2.05) is 20.8 Å². The van der Waals surface area contributed by atoms with Crippen LogP contribution >= 0.6 is 0 Å². The summed E-state index contributed by atoms with van der Waals surface area (Å²) in [5.41, 5.74) is 6.61. The standard InChI is InChI=1S/C12H20N4O/c1-8(2)11(13)12(17)16(4)9(3)10-7-14-5-6-15-10/h5-9,11H,13H2,1-4H3/t9-,11+/m1/s1. The van der Waals surface area contributed by atoms with Gasteiger partial charge in [0, 0.05) is 19.4 Å². The summed E-state index contributed by atoms with van der Waals surface area (Å²) in [7, 11) is 1.74. The number of carbonyl (C=O) groups is 1. The van der Waals surface area contributed by atoms with Gasteiger partial charge in [-0.15, -0.1) is 0 Å². The third kappa shape index (κ3) is 3.23. The minimum Gasteiger partial charge on any atom is -0.336 e. The summed E-state index contributed by atoms with van der Waals surface area (Å²) in [6.07, 6.45) is 4.89. The molecular weight excluding hydrogens is 216 g/mol. The molecule has 5 nitrogen and oxygen atoms in total. The van der Waals surface area contributed by atoms with Gasteiger partial charge >= 0.3 is 0 Å². The number of aromatic nitrogens is 2. The largest absolute Gasteiger partial charge is 0.336 e.